The fraction of sp³-hybridized carbons (Fsp3) is 0.615. The second-order valence-electron chi connectivity index (χ2n) is 9.15. The van der Waals surface area contributed by atoms with Gasteiger partial charge in [-0.25, -0.2) is 4.79 Å². The van der Waals surface area contributed by atoms with Gasteiger partial charge < -0.3 is 28.6 Å². The Morgan fingerprint density at radius 1 is 1.12 bits per heavy atom. The van der Waals surface area contributed by atoms with Crippen LogP contribution in [0.25, 0.3) is 0 Å². The summed E-state index contributed by atoms with van der Waals surface area (Å²) >= 11 is 0. The normalized spacial score (nSPS) is 28.0. The topological polar surface area (TPSA) is 83.5 Å². The molecule has 8 nitrogen and oxygen atoms in total. The molecule has 186 valence electrons. The van der Waals surface area contributed by atoms with Gasteiger partial charge in [-0.1, -0.05) is 36.9 Å². The summed E-state index contributed by atoms with van der Waals surface area (Å²) < 4.78 is 28.2. The van der Waals surface area contributed by atoms with E-state index in [2.05, 4.69) is 6.58 Å². The van der Waals surface area contributed by atoms with Crippen LogP contribution in [0.4, 0.5) is 4.79 Å². The summed E-state index contributed by atoms with van der Waals surface area (Å²) in [6, 6.07) is 9.03. The minimum Gasteiger partial charge on any atom is -0.430 e. The Labute approximate surface area is 201 Å². The Balaban J connectivity index is 1.37. The van der Waals surface area contributed by atoms with Gasteiger partial charge >= 0.3 is 6.16 Å². The molecule has 0 aromatic heterocycles. The molecule has 1 aromatic rings. The number of benzene rings is 1. The first-order valence-corrected chi connectivity index (χ1v) is 12.3. The van der Waals surface area contributed by atoms with E-state index in [1.165, 1.54) is 0 Å². The maximum Gasteiger partial charge on any atom is 0.508 e. The summed E-state index contributed by atoms with van der Waals surface area (Å²) in [4.78, 5) is 27.2. The van der Waals surface area contributed by atoms with Crippen molar-refractivity contribution >= 4 is 12.1 Å². The summed E-state index contributed by atoms with van der Waals surface area (Å²) in [6.45, 7) is 7.65. The van der Waals surface area contributed by atoms with E-state index in [-0.39, 0.29) is 37.7 Å². The SMILES string of the molecule is C=C(COC1CCCCO1)[C@@H]1[C@@H]([C@@H](C)OC(=O)OCc2ccccc2)C(=O)N1C1CCCCO1. The summed E-state index contributed by atoms with van der Waals surface area (Å²) in [7, 11) is 0. The van der Waals surface area contributed by atoms with Gasteiger partial charge in [-0.15, -0.1) is 0 Å². The number of ether oxygens (including phenoxy) is 5. The number of rotatable bonds is 9. The van der Waals surface area contributed by atoms with Crippen LogP contribution >= 0.6 is 0 Å². The van der Waals surface area contributed by atoms with E-state index in [0.717, 1.165) is 49.7 Å². The third-order valence-electron chi connectivity index (χ3n) is 6.64. The van der Waals surface area contributed by atoms with Crippen LogP contribution in [-0.4, -0.2) is 61.4 Å². The van der Waals surface area contributed by atoms with Gasteiger partial charge in [0.2, 0.25) is 5.91 Å². The van der Waals surface area contributed by atoms with Crippen LogP contribution in [0.1, 0.15) is 51.0 Å². The first-order valence-electron chi connectivity index (χ1n) is 12.3. The smallest absolute Gasteiger partial charge is 0.430 e. The van der Waals surface area contributed by atoms with Crippen LogP contribution in [0.15, 0.2) is 42.5 Å². The van der Waals surface area contributed by atoms with E-state index in [1.54, 1.807) is 11.8 Å². The lowest BCUT2D eigenvalue weighted by molar-refractivity contribution is -0.195. The molecule has 2 unspecified atom stereocenters. The van der Waals surface area contributed by atoms with Crippen molar-refractivity contribution in [2.45, 2.75) is 76.7 Å². The van der Waals surface area contributed by atoms with Crippen LogP contribution in [-0.2, 0) is 35.1 Å². The number of nitrogens with zero attached hydrogens (tertiary/aromatic N) is 1. The maximum absolute atomic E-state index is 13.2. The second-order valence-corrected chi connectivity index (χ2v) is 9.15. The predicted molar refractivity (Wildman–Crippen MR) is 124 cm³/mol. The Kier molecular flexibility index (Phi) is 8.59. The Morgan fingerprint density at radius 3 is 2.53 bits per heavy atom. The zero-order valence-electron chi connectivity index (χ0n) is 19.9. The standard InChI is InChI=1S/C26H35NO7/c1-18(16-32-22-13-7-9-15-31-22)24-23(25(28)27(24)21-12-6-8-14-30-21)19(2)34-26(29)33-17-20-10-4-3-5-11-20/h3-5,10-11,19,21-24H,1,6-9,12-17H2,2H3/t19-,21?,22?,23-,24-/m1/s1. The highest BCUT2D eigenvalue weighted by Crippen LogP contribution is 2.39. The molecule has 34 heavy (non-hydrogen) atoms. The zero-order valence-corrected chi connectivity index (χ0v) is 19.9. The number of likely N-dealkylation sites (tertiary alicyclic amines) is 1. The molecule has 3 aliphatic rings. The van der Waals surface area contributed by atoms with Crippen LogP contribution < -0.4 is 0 Å². The molecule has 0 radical (unpaired) electrons. The molecule has 0 N–H and O–H groups in total. The molecule has 0 aliphatic carbocycles. The molecule has 5 atom stereocenters. The highest BCUT2D eigenvalue weighted by atomic mass is 16.7. The van der Waals surface area contributed by atoms with E-state index in [9.17, 15) is 9.59 Å². The highest BCUT2D eigenvalue weighted by Gasteiger charge is 2.55. The van der Waals surface area contributed by atoms with Gasteiger partial charge in [0.25, 0.3) is 0 Å². The lowest BCUT2D eigenvalue weighted by Gasteiger charge is -2.53. The molecule has 3 aliphatic heterocycles. The number of β-lactam (4-membered cyclic amide) rings is 1. The Morgan fingerprint density at radius 2 is 1.85 bits per heavy atom. The number of amides is 1. The van der Waals surface area contributed by atoms with Crippen molar-refractivity contribution in [1.29, 1.82) is 0 Å². The molecular weight excluding hydrogens is 438 g/mol. The average molecular weight is 474 g/mol. The van der Waals surface area contributed by atoms with E-state index in [1.807, 2.05) is 30.3 Å². The molecule has 8 heteroatoms. The van der Waals surface area contributed by atoms with E-state index in [4.69, 9.17) is 23.7 Å². The lowest BCUT2D eigenvalue weighted by Crippen LogP contribution is -2.69. The van der Waals surface area contributed by atoms with Gasteiger partial charge in [0, 0.05) is 13.2 Å². The summed E-state index contributed by atoms with van der Waals surface area (Å²) in [5.74, 6) is -0.659. The zero-order chi connectivity index (χ0) is 23.9. The maximum atomic E-state index is 13.2. The minimum absolute atomic E-state index is 0.102. The molecule has 3 fully saturated rings. The van der Waals surface area contributed by atoms with Gasteiger partial charge in [-0.3, -0.25) is 4.79 Å². The molecule has 4 rings (SSSR count). The van der Waals surface area contributed by atoms with E-state index < -0.39 is 18.2 Å². The van der Waals surface area contributed by atoms with Crippen molar-refractivity contribution in [2.24, 2.45) is 5.92 Å². The Bertz CT molecular complexity index is 833. The van der Waals surface area contributed by atoms with Gasteiger partial charge in [0.15, 0.2) is 6.29 Å². The summed E-state index contributed by atoms with van der Waals surface area (Å²) in [5, 5.41) is 0. The van der Waals surface area contributed by atoms with Gasteiger partial charge in [-0.05, 0) is 56.6 Å². The first-order chi connectivity index (χ1) is 16.5. The van der Waals surface area contributed by atoms with Crippen molar-refractivity contribution in [3.8, 4) is 0 Å². The molecule has 3 saturated heterocycles. The molecule has 1 amide bonds. The third kappa shape index (κ3) is 5.98. The van der Waals surface area contributed by atoms with Crippen LogP contribution in [0.5, 0.6) is 0 Å². The molecule has 0 spiro atoms. The number of hydrogen-bond acceptors (Lipinski definition) is 7. The quantitative estimate of drug-likeness (QED) is 0.302. The van der Waals surface area contributed by atoms with Crippen molar-refractivity contribution in [2.75, 3.05) is 19.8 Å². The largest absolute Gasteiger partial charge is 0.508 e. The average Bonchev–Trinajstić information content (AvgIpc) is 2.86. The van der Waals surface area contributed by atoms with E-state index in [0.29, 0.717) is 13.2 Å². The fourth-order valence-corrected chi connectivity index (χ4v) is 4.81. The van der Waals surface area contributed by atoms with Gasteiger partial charge in [0.05, 0.1) is 18.6 Å². The summed E-state index contributed by atoms with van der Waals surface area (Å²) in [5.41, 5.74) is 1.61. The number of hydrogen-bond donors (Lipinski definition) is 0. The van der Waals surface area contributed by atoms with Gasteiger partial charge in [-0.2, -0.15) is 0 Å². The van der Waals surface area contributed by atoms with Crippen LogP contribution in [0.3, 0.4) is 0 Å². The minimum atomic E-state index is -0.798. The Hall–Kier alpha value is -2.42. The van der Waals surface area contributed by atoms with Crippen molar-refractivity contribution in [3.05, 3.63) is 48.0 Å². The monoisotopic (exact) mass is 473 g/mol. The molecule has 1 aromatic carbocycles. The van der Waals surface area contributed by atoms with Crippen molar-refractivity contribution < 1.29 is 33.3 Å². The molecule has 0 bridgehead atoms. The van der Waals surface area contributed by atoms with Crippen molar-refractivity contribution in [1.82, 2.24) is 4.90 Å². The predicted octanol–water partition coefficient (Wildman–Crippen LogP) is 4.18. The van der Waals surface area contributed by atoms with E-state index >= 15 is 0 Å². The fourth-order valence-electron chi connectivity index (χ4n) is 4.81. The third-order valence-corrected chi connectivity index (χ3v) is 6.64. The van der Waals surface area contributed by atoms with Crippen LogP contribution in [0, 0.1) is 5.92 Å². The number of carbonyl (C=O) groups excluding carboxylic acids is 2. The molecule has 3 heterocycles. The lowest BCUT2D eigenvalue weighted by atomic mass is 9.78. The summed E-state index contributed by atoms with van der Waals surface area (Å²) in [6.07, 6.45) is 3.72. The highest BCUT2D eigenvalue weighted by molar-refractivity contribution is 5.88. The van der Waals surface area contributed by atoms with Crippen molar-refractivity contribution in [3.63, 3.8) is 0 Å². The number of carbonyl (C=O) groups is 2. The first kappa shape index (κ1) is 24.7. The van der Waals surface area contributed by atoms with Gasteiger partial charge in [0.1, 0.15) is 18.9 Å². The second kappa shape index (κ2) is 11.8. The molecule has 0 saturated carbocycles. The molecular formula is C26H35NO7. The van der Waals surface area contributed by atoms with Crippen LogP contribution in [0.2, 0.25) is 0 Å².